The van der Waals surface area contributed by atoms with E-state index in [1.165, 1.54) is 44.4 Å². The highest BCUT2D eigenvalue weighted by Crippen LogP contribution is 2.44. The van der Waals surface area contributed by atoms with Gasteiger partial charge >= 0.3 is 18.2 Å². The first-order valence-corrected chi connectivity index (χ1v) is 36.5. The van der Waals surface area contributed by atoms with E-state index in [9.17, 15) is 61.2 Å². The summed E-state index contributed by atoms with van der Waals surface area (Å²) in [7, 11) is 1.12. The van der Waals surface area contributed by atoms with Gasteiger partial charge in [-0.15, -0.1) is 0 Å². The van der Waals surface area contributed by atoms with Crippen LogP contribution in [0.4, 0.5) is 20.1 Å². The van der Waals surface area contributed by atoms with Gasteiger partial charge < -0.3 is 71.5 Å². The minimum atomic E-state index is -4.77. The number of benzene rings is 4. The number of nitrogens with two attached hydrogens (primary N) is 1. The number of hydrogen-bond donors (Lipinski definition) is 9. The number of likely N-dealkylation sites (N-methyl/N-ethyl adjacent to an activating group) is 2. The number of aliphatic hydroxyl groups excluding tert-OH is 1. The van der Waals surface area contributed by atoms with Gasteiger partial charge in [-0.2, -0.15) is 8.42 Å². The first-order chi connectivity index (χ1) is 48.2. The first-order valence-electron chi connectivity index (χ1n) is 34.9. The number of aliphatic hydroxyl groups is 1. The number of carbonyl (C=O) groups is 9. The van der Waals surface area contributed by atoms with Crippen molar-refractivity contribution in [3.05, 3.63) is 125 Å². The normalized spacial score (nSPS) is 16.9. The summed E-state index contributed by atoms with van der Waals surface area (Å²) in [6.07, 6.45) is -2.62. The number of fused-ring (bicyclic) bond motifs is 3. The molecule has 4 aromatic rings. The standard InChI is InChI=1S/C74H106N10O17S/c1-15-45(8)64(59(98-13)38-60(85)84-36-24-32-58(84)66(99-14)46(9)67(87)77-47(10)65(86)48-25-17-16-18-26-48)82(11)71(91)62(43(4)5)80-70(90)63(44(6)7)83(12)74(94)101-39-49-33-34-51(37-50(49)41-102(95,96)97)78-68(88)57(31-23-35-76-72(75)92)79-69(89)61(42(2)3)81-73(93)100-40-56-54-29-21-19-27-52(54)53-28-20-22-30-55(53)56/h16-22,25-30,33-34,37,42-47,56-59,61-66,86H,15,23-24,31-32,35-36,38-41H2,1-14H3,(H,77,87)(H,78,88)(H,79,89)(H,80,90)(H,81,93)(H3,75,76,92)(H,95,96,97)/t45-,46+,47+,57-,58-,59+,61-,62-,63-,64-,65+,66+/m0/s1. The van der Waals surface area contributed by atoms with E-state index in [4.69, 9.17) is 24.7 Å². The number of urea groups is 1. The van der Waals surface area contributed by atoms with Crippen LogP contribution in [0.3, 0.4) is 0 Å². The van der Waals surface area contributed by atoms with Crippen LogP contribution in [0.25, 0.3) is 11.1 Å². The Labute approximate surface area is 599 Å². The third-order valence-corrected chi connectivity index (χ3v) is 20.1. The van der Waals surface area contributed by atoms with Gasteiger partial charge in [-0.3, -0.25) is 38.2 Å². The van der Waals surface area contributed by atoms with E-state index < -0.39 is 149 Å². The van der Waals surface area contributed by atoms with E-state index in [1.807, 2.05) is 68.4 Å². The molecule has 560 valence electrons. The Balaban J connectivity index is 1.10. The van der Waals surface area contributed by atoms with Gasteiger partial charge in [-0.1, -0.05) is 154 Å². The van der Waals surface area contributed by atoms with Gasteiger partial charge in [0, 0.05) is 53.0 Å². The van der Waals surface area contributed by atoms with Gasteiger partial charge in [0.15, 0.2) is 0 Å². The van der Waals surface area contributed by atoms with Gasteiger partial charge in [0.1, 0.15) is 43.1 Å². The van der Waals surface area contributed by atoms with Crippen molar-refractivity contribution in [2.45, 2.75) is 187 Å². The van der Waals surface area contributed by atoms with Crippen LogP contribution in [-0.2, 0) is 70.2 Å². The first kappa shape index (κ1) is 82.3. The molecule has 0 aromatic heterocycles. The van der Waals surface area contributed by atoms with Gasteiger partial charge in [0.25, 0.3) is 10.1 Å². The number of amides is 10. The Kier molecular flexibility index (Phi) is 30.6. The lowest BCUT2D eigenvalue weighted by molar-refractivity contribution is -0.148. The number of hydrogen-bond acceptors (Lipinski definition) is 16. The summed E-state index contributed by atoms with van der Waals surface area (Å²) < 4.78 is 58.6. The van der Waals surface area contributed by atoms with Crippen molar-refractivity contribution in [1.29, 1.82) is 0 Å². The number of carbonyl (C=O) groups excluding carboxylic acids is 9. The molecular formula is C74H106N10O17S. The van der Waals surface area contributed by atoms with Crippen molar-refractivity contribution in [3.8, 4) is 11.1 Å². The molecule has 0 spiro atoms. The zero-order chi connectivity index (χ0) is 75.4. The Bertz CT molecular complexity index is 3610. The molecule has 0 radical (unpaired) electrons. The molecule has 0 unspecified atom stereocenters. The average molecular weight is 1440 g/mol. The van der Waals surface area contributed by atoms with Crippen LogP contribution in [0.1, 0.15) is 148 Å². The van der Waals surface area contributed by atoms with E-state index in [0.29, 0.717) is 31.4 Å². The molecule has 27 nitrogen and oxygen atoms in total. The zero-order valence-corrected chi connectivity index (χ0v) is 61.9. The van der Waals surface area contributed by atoms with Crippen LogP contribution >= 0.6 is 0 Å². The molecule has 12 atom stereocenters. The van der Waals surface area contributed by atoms with Gasteiger partial charge in [-0.25, -0.2) is 14.4 Å². The molecule has 1 aliphatic heterocycles. The Morgan fingerprint density at radius 1 is 0.696 bits per heavy atom. The number of likely N-dealkylation sites (tertiary alicyclic amines) is 1. The summed E-state index contributed by atoms with van der Waals surface area (Å²) in [5.41, 5.74) is 9.96. The quantitative estimate of drug-likeness (QED) is 0.0158. The maximum Gasteiger partial charge on any atom is 0.410 e. The van der Waals surface area contributed by atoms with E-state index in [0.717, 1.165) is 27.2 Å². The number of alkyl carbamates (subject to hydrolysis) is 1. The van der Waals surface area contributed by atoms with Gasteiger partial charge in [-0.05, 0) is 107 Å². The fourth-order valence-electron chi connectivity index (χ4n) is 13.7. The topological polar surface area (TPSA) is 373 Å². The van der Waals surface area contributed by atoms with Crippen LogP contribution in [0.15, 0.2) is 97.1 Å². The maximum atomic E-state index is 14.9. The lowest BCUT2D eigenvalue weighted by Crippen LogP contribution is -2.60. The fraction of sp³-hybridized carbons (Fsp3) is 0.554. The Morgan fingerprint density at radius 2 is 1.31 bits per heavy atom. The number of ether oxygens (including phenoxy) is 4. The van der Waals surface area contributed by atoms with Crippen molar-refractivity contribution in [1.82, 2.24) is 41.3 Å². The molecule has 1 fully saturated rings. The summed E-state index contributed by atoms with van der Waals surface area (Å²) in [5.74, 6) is -7.09. The Hall–Kier alpha value is -8.70. The zero-order valence-electron chi connectivity index (χ0n) is 61.1. The van der Waals surface area contributed by atoms with Crippen LogP contribution in [0, 0.1) is 29.6 Å². The third kappa shape index (κ3) is 21.9. The molecule has 10 N–H and O–H groups in total. The smallest absolute Gasteiger partial charge is 0.410 e. The molecule has 0 saturated carbocycles. The molecule has 1 heterocycles. The molecule has 1 aliphatic carbocycles. The van der Waals surface area contributed by atoms with Crippen molar-refractivity contribution >= 4 is 69.5 Å². The van der Waals surface area contributed by atoms with Gasteiger partial charge in [0.05, 0.1) is 48.8 Å². The van der Waals surface area contributed by atoms with E-state index >= 15 is 0 Å². The maximum absolute atomic E-state index is 14.9. The second kappa shape index (κ2) is 38.0. The number of nitrogens with zero attached hydrogens (tertiary/aromatic N) is 3. The highest BCUT2D eigenvalue weighted by Gasteiger charge is 2.44. The summed E-state index contributed by atoms with van der Waals surface area (Å²) in [6.45, 7) is 17.4. The molecular weight excluding hydrogens is 1330 g/mol. The minimum absolute atomic E-state index is 0.00438. The highest BCUT2D eigenvalue weighted by molar-refractivity contribution is 7.85. The second-order valence-corrected chi connectivity index (χ2v) is 29.2. The largest absolute Gasteiger partial charge is 0.449 e. The minimum Gasteiger partial charge on any atom is -0.449 e. The van der Waals surface area contributed by atoms with Crippen molar-refractivity contribution < 1.29 is 80.2 Å². The number of nitrogens with one attached hydrogen (secondary N) is 6. The molecule has 10 amide bonds. The lowest BCUT2D eigenvalue weighted by Gasteiger charge is -2.41. The van der Waals surface area contributed by atoms with Crippen molar-refractivity contribution in [2.24, 2.45) is 35.3 Å². The summed E-state index contributed by atoms with van der Waals surface area (Å²) >= 11 is 0. The molecule has 0 bridgehead atoms. The summed E-state index contributed by atoms with van der Waals surface area (Å²) in [5, 5.41) is 27.3. The van der Waals surface area contributed by atoms with Crippen LogP contribution in [0.2, 0.25) is 0 Å². The van der Waals surface area contributed by atoms with E-state index in [1.54, 1.807) is 91.6 Å². The molecule has 28 heteroatoms. The molecule has 6 rings (SSSR count). The summed E-state index contributed by atoms with van der Waals surface area (Å²) in [4.78, 5) is 129. The van der Waals surface area contributed by atoms with Crippen LogP contribution in [0.5, 0.6) is 0 Å². The molecule has 2 aliphatic rings. The predicted molar refractivity (Wildman–Crippen MR) is 384 cm³/mol. The molecule has 4 aromatic carbocycles. The number of methoxy groups -OCH3 is 2. The SMILES string of the molecule is CC[C@H](C)[C@@H]([C@@H](CC(=O)N1CCC[C@H]1[C@H](OC)[C@@H](C)C(=O)N[C@H](C)[C@@H](O)c1ccccc1)OC)N(C)C(=O)[C@@H](NC(=O)[C@H](C(C)C)N(C)C(=O)OCc1ccc(NC(=O)[C@H](CCCNC(N)=O)NC(=O)[C@@H](NC(=O)OCC2c3ccccc3-c3ccccc32)C(C)C)cc1CS(=O)(=O)O)C(C)C. The number of primary amides is 1. The van der Waals surface area contributed by atoms with E-state index in [2.05, 4.69) is 31.9 Å². The summed E-state index contributed by atoms with van der Waals surface area (Å²) in [6, 6.07) is 21.1. The van der Waals surface area contributed by atoms with Gasteiger partial charge in [0.2, 0.25) is 35.4 Å². The molecule has 102 heavy (non-hydrogen) atoms. The number of anilines is 1. The fourth-order valence-corrected chi connectivity index (χ4v) is 14.3. The molecule has 1 saturated heterocycles. The predicted octanol–water partition coefficient (Wildman–Crippen LogP) is 7.40. The second-order valence-electron chi connectivity index (χ2n) is 27.7. The Morgan fingerprint density at radius 3 is 1.88 bits per heavy atom. The van der Waals surface area contributed by atoms with Crippen molar-refractivity contribution in [2.75, 3.05) is 53.3 Å². The van der Waals surface area contributed by atoms with Crippen LogP contribution in [-0.4, -0.2) is 189 Å². The van der Waals surface area contributed by atoms with Crippen molar-refractivity contribution in [3.63, 3.8) is 0 Å². The highest BCUT2D eigenvalue weighted by atomic mass is 32.2. The average Bonchev–Trinajstić information content (AvgIpc) is 1.61. The van der Waals surface area contributed by atoms with Crippen LogP contribution < -0.4 is 37.6 Å². The lowest BCUT2D eigenvalue weighted by atomic mass is 9.89. The number of rotatable bonds is 36. The monoisotopic (exact) mass is 1440 g/mol. The van der Waals surface area contributed by atoms with E-state index in [-0.39, 0.29) is 72.9 Å². The third-order valence-electron chi connectivity index (χ3n) is 19.4.